The molecule has 1 aromatic carbocycles. The lowest BCUT2D eigenvalue weighted by atomic mass is 10.2. The second-order valence-corrected chi connectivity index (χ2v) is 6.57. The summed E-state index contributed by atoms with van der Waals surface area (Å²) in [7, 11) is -3.01. The molecule has 0 atom stereocenters. The third kappa shape index (κ3) is 5.48. The summed E-state index contributed by atoms with van der Waals surface area (Å²) in [4.78, 5) is 11.8. The van der Waals surface area contributed by atoms with Gasteiger partial charge in [0, 0.05) is 11.9 Å². The van der Waals surface area contributed by atoms with Crippen LogP contribution >= 0.6 is 0 Å². The summed E-state index contributed by atoms with van der Waals surface area (Å²) in [6, 6.07) is 4.65. The highest BCUT2D eigenvalue weighted by molar-refractivity contribution is 7.90. The van der Waals surface area contributed by atoms with Crippen LogP contribution in [0.3, 0.4) is 0 Å². The maximum absolute atomic E-state index is 11.8. The van der Waals surface area contributed by atoms with Gasteiger partial charge in [0.05, 0.1) is 19.0 Å². The van der Waals surface area contributed by atoms with Crippen molar-refractivity contribution in [2.45, 2.75) is 13.3 Å². The zero-order valence-corrected chi connectivity index (χ0v) is 12.4. The topological polar surface area (TPSA) is 95.7 Å². The normalized spacial score (nSPS) is 11.1. The van der Waals surface area contributed by atoms with E-state index >= 15 is 0 Å². The van der Waals surface area contributed by atoms with Crippen LogP contribution in [0, 0.1) is 0 Å². The van der Waals surface area contributed by atoms with Gasteiger partial charge in [-0.3, -0.25) is 0 Å². The minimum atomic E-state index is -3.01. The Balaban J connectivity index is 2.71. The van der Waals surface area contributed by atoms with Gasteiger partial charge in [-0.05, 0) is 31.5 Å². The first kappa shape index (κ1) is 16.3. The molecule has 7 heteroatoms. The van der Waals surface area contributed by atoms with Gasteiger partial charge in [-0.25, -0.2) is 13.2 Å². The Kier molecular flexibility index (Phi) is 5.82. The van der Waals surface area contributed by atoms with E-state index in [0.717, 1.165) is 0 Å². The number of sulfone groups is 1. The number of ether oxygens (including phenoxy) is 2. The van der Waals surface area contributed by atoms with Crippen LogP contribution in [0.15, 0.2) is 18.2 Å². The Morgan fingerprint density at radius 1 is 1.35 bits per heavy atom. The van der Waals surface area contributed by atoms with E-state index in [9.17, 15) is 13.2 Å². The number of carbonyl (C=O) groups is 1. The Morgan fingerprint density at radius 2 is 2.05 bits per heavy atom. The molecule has 0 aliphatic heterocycles. The van der Waals surface area contributed by atoms with Gasteiger partial charge in [0.1, 0.15) is 21.2 Å². The fourth-order valence-electron chi connectivity index (χ4n) is 1.55. The molecule has 0 aromatic heterocycles. The third-order valence-corrected chi connectivity index (χ3v) is 3.45. The Bertz CT molecular complexity index is 568. The second kappa shape index (κ2) is 7.14. The molecule has 2 N–H and O–H groups in total. The Morgan fingerprint density at radius 3 is 2.65 bits per heavy atom. The molecular weight excluding hydrogens is 282 g/mol. The van der Waals surface area contributed by atoms with E-state index in [1.54, 1.807) is 19.1 Å². The summed E-state index contributed by atoms with van der Waals surface area (Å²) in [5.41, 5.74) is 6.30. The van der Waals surface area contributed by atoms with Crippen molar-refractivity contribution in [3.05, 3.63) is 23.8 Å². The first-order chi connectivity index (χ1) is 9.33. The number of nitrogen functional groups attached to an aromatic ring is 1. The molecule has 20 heavy (non-hydrogen) atoms. The maximum Gasteiger partial charge on any atom is 0.341 e. The van der Waals surface area contributed by atoms with E-state index in [-0.39, 0.29) is 24.5 Å². The summed E-state index contributed by atoms with van der Waals surface area (Å²) < 4.78 is 32.4. The van der Waals surface area contributed by atoms with Gasteiger partial charge in [0.25, 0.3) is 0 Å². The number of hydrogen-bond acceptors (Lipinski definition) is 6. The number of anilines is 1. The molecule has 0 bridgehead atoms. The molecule has 0 saturated carbocycles. The van der Waals surface area contributed by atoms with Crippen LogP contribution in [0.4, 0.5) is 5.69 Å². The fourth-order valence-corrected chi connectivity index (χ4v) is 2.19. The van der Waals surface area contributed by atoms with Crippen molar-refractivity contribution in [2.24, 2.45) is 0 Å². The molecule has 0 heterocycles. The molecule has 112 valence electrons. The van der Waals surface area contributed by atoms with Gasteiger partial charge in [0.15, 0.2) is 0 Å². The summed E-state index contributed by atoms with van der Waals surface area (Å²) in [5, 5.41) is 0. The summed E-state index contributed by atoms with van der Waals surface area (Å²) in [6.45, 7) is 2.15. The van der Waals surface area contributed by atoms with Gasteiger partial charge in [-0.1, -0.05) is 0 Å². The standard InChI is InChI=1S/C13H19NO5S/c1-3-18-13(15)11-9-10(14)5-6-12(11)19-7-4-8-20(2,16)17/h5-6,9H,3-4,7-8,14H2,1-2H3. The van der Waals surface area contributed by atoms with Gasteiger partial charge in [0.2, 0.25) is 0 Å². The average Bonchev–Trinajstić information content (AvgIpc) is 2.35. The lowest BCUT2D eigenvalue weighted by molar-refractivity contribution is 0.0521. The molecule has 0 aliphatic carbocycles. The summed E-state index contributed by atoms with van der Waals surface area (Å²) in [5.74, 6) is -0.138. The molecule has 0 unspecified atom stereocenters. The first-order valence-electron chi connectivity index (χ1n) is 6.20. The van der Waals surface area contributed by atoms with Crippen LogP contribution in [0.25, 0.3) is 0 Å². The number of hydrogen-bond donors (Lipinski definition) is 1. The van der Waals surface area contributed by atoms with Crippen molar-refractivity contribution in [3.8, 4) is 5.75 Å². The number of nitrogens with two attached hydrogens (primary N) is 1. The van der Waals surface area contributed by atoms with Gasteiger partial charge < -0.3 is 15.2 Å². The van der Waals surface area contributed by atoms with Crippen LogP contribution in [-0.2, 0) is 14.6 Å². The lowest BCUT2D eigenvalue weighted by Gasteiger charge is -2.11. The van der Waals surface area contributed by atoms with E-state index in [1.807, 2.05) is 0 Å². The van der Waals surface area contributed by atoms with Gasteiger partial charge >= 0.3 is 5.97 Å². The minimum Gasteiger partial charge on any atom is -0.493 e. The van der Waals surface area contributed by atoms with Crippen molar-refractivity contribution in [3.63, 3.8) is 0 Å². The smallest absolute Gasteiger partial charge is 0.341 e. The maximum atomic E-state index is 11.8. The highest BCUT2D eigenvalue weighted by Gasteiger charge is 2.14. The summed E-state index contributed by atoms with van der Waals surface area (Å²) >= 11 is 0. The molecule has 0 fully saturated rings. The van der Waals surface area contributed by atoms with Gasteiger partial charge in [-0.2, -0.15) is 0 Å². The van der Waals surface area contributed by atoms with E-state index in [2.05, 4.69) is 0 Å². The molecule has 6 nitrogen and oxygen atoms in total. The van der Waals surface area contributed by atoms with E-state index in [4.69, 9.17) is 15.2 Å². The van der Waals surface area contributed by atoms with Crippen molar-refractivity contribution < 1.29 is 22.7 Å². The number of rotatable bonds is 7. The SMILES string of the molecule is CCOC(=O)c1cc(N)ccc1OCCCS(C)(=O)=O. The van der Waals surface area contributed by atoms with Gasteiger partial charge in [-0.15, -0.1) is 0 Å². The van der Waals surface area contributed by atoms with Crippen LogP contribution in [-0.4, -0.2) is 39.6 Å². The minimum absolute atomic E-state index is 0.0384. The van der Waals surface area contributed by atoms with Crippen molar-refractivity contribution in [2.75, 3.05) is 31.0 Å². The molecule has 0 aliphatic rings. The number of esters is 1. The van der Waals surface area contributed by atoms with E-state index < -0.39 is 15.8 Å². The van der Waals surface area contributed by atoms with Crippen molar-refractivity contribution in [1.82, 2.24) is 0 Å². The molecule has 0 amide bonds. The van der Waals surface area contributed by atoms with E-state index in [1.165, 1.54) is 12.3 Å². The molecule has 0 spiro atoms. The van der Waals surface area contributed by atoms with Crippen LogP contribution in [0.1, 0.15) is 23.7 Å². The fraction of sp³-hybridized carbons (Fsp3) is 0.462. The molecule has 1 rings (SSSR count). The Labute approximate surface area is 118 Å². The second-order valence-electron chi connectivity index (χ2n) is 4.31. The average molecular weight is 301 g/mol. The number of carbonyl (C=O) groups excluding carboxylic acids is 1. The largest absolute Gasteiger partial charge is 0.493 e. The molecule has 0 radical (unpaired) electrons. The molecule has 1 aromatic rings. The van der Waals surface area contributed by atoms with Crippen LogP contribution < -0.4 is 10.5 Å². The highest BCUT2D eigenvalue weighted by Crippen LogP contribution is 2.22. The van der Waals surface area contributed by atoms with Crippen LogP contribution in [0.5, 0.6) is 5.75 Å². The first-order valence-corrected chi connectivity index (χ1v) is 8.26. The van der Waals surface area contributed by atoms with Crippen LogP contribution in [0.2, 0.25) is 0 Å². The predicted octanol–water partition coefficient (Wildman–Crippen LogP) is 1.26. The summed E-state index contributed by atoms with van der Waals surface area (Å²) in [6.07, 6.45) is 1.52. The number of benzene rings is 1. The Hall–Kier alpha value is -1.76. The van der Waals surface area contributed by atoms with Crippen molar-refractivity contribution >= 4 is 21.5 Å². The quantitative estimate of drug-likeness (QED) is 0.463. The molecular formula is C13H19NO5S. The zero-order valence-electron chi connectivity index (χ0n) is 11.6. The predicted molar refractivity (Wildman–Crippen MR) is 76.6 cm³/mol. The molecule has 0 saturated heterocycles. The highest BCUT2D eigenvalue weighted by atomic mass is 32.2. The van der Waals surface area contributed by atoms with E-state index in [0.29, 0.717) is 17.9 Å². The monoisotopic (exact) mass is 301 g/mol. The zero-order chi connectivity index (χ0) is 15.2. The van der Waals surface area contributed by atoms with Crippen molar-refractivity contribution in [1.29, 1.82) is 0 Å². The third-order valence-electron chi connectivity index (χ3n) is 2.42. The lowest BCUT2D eigenvalue weighted by Crippen LogP contribution is -2.11.